The third kappa shape index (κ3) is 1.82. The first-order valence-corrected chi connectivity index (χ1v) is 5.38. The van der Waals surface area contributed by atoms with Crippen molar-refractivity contribution in [1.82, 2.24) is 0 Å². The second kappa shape index (κ2) is 3.93. The van der Waals surface area contributed by atoms with Gasteiger partial charge in [0.05, 0.1) is 0 Å². The largest absolute Gasteiger partial charge is 0.461 e. The molecule has 2 aromatic rings. The molecule has 0 N–H and O–H groups in total. The average Bonchev–Trinajstić information content (AvgIpc) is 2.51. The Morgan fingerprint density at radius 3 is 2.80 bits per heavy atom. The predicted octanol–water partition coefficient (Wildman–Crippen LogP) is 4.47. The summed E-state index contributed by atoms with van der Waals surface area (Å²) in [4.78, 5) is 0. The summed E-state index contributed by atoms with van der Waals surface area (Å²) in [6.45, 7) is 6.26. The fraction of sp³-hybridized carbons (Fsp3) is 0.286. The molecule has 1 aromatic carbocycles. The molecule has 1 nitrogen and oxygen atoms in total. The van der Waals surface area contributed by atoms with Crippen molar-refractivity contribution in [3.05, 3.63) is 41.2 Å². The van der Waals surface area contributed by atoms with Crippen molar-refractivity contribution in [2.24, 2.45) is 0 Å². The number of allylic oxidation sites excluding steroid dienone is 1. The molecule has 0 bridgehead atoms. The van der Waals surface area contributed by atoms with Gasteiger partial charge in [0, 0.05) is 10.9 Å². The van der Waals surface area contributed by atoms with Gasteiger partial charge in [0.25, 0.3) is 0 Å². The molecule has 0 atom stereocenters. The molecule has 2 rings (SSSR count). The highest BCUT2D eigenvalue weighted by molar-refractivity contribution is 5.88. The van der Waals surface area contributed by atoms with E-state index in [1.807, 2.05) is 13.0 Å². The van der Waals surface area contributed by atoms with E-state index >= 15 is 0 Å². The van der Waals surface area contributed by atoms with Gasteiger partial charge in [0.1, 0.15) is 11.3 Å². The molecule has 15 heavy (non-hydrogen) atoms. The maximum Gasteiger partial charge on any atom is 0.134 e. The van der Waals surface area contributed by atoms with Crippen molar-refractivity contribution in [3.63, 3.8) is 0 Å². The van der Waals surface area contributed by atoms with E-state index in [0.29, 0.717) is 0 Å². The first-order valence-electron chi connectivity index (χ1n) is 5.38. The Morgan fingerprint density at radius 1 is 1.27 bits per heavy atom. The number of hydrogen-bond acceptors (Lipinski definition) is 1. The number of fused-ring (bicyclic) bond motifs is 1. The van der Waals surface area contributed by atoms with Gasteiger partial charge < -0.3 is 4.42 Å². The summed E-state index contributed by atoms with van der Waals surface area (Å²) < 4.78 is 5.70. The summed E-state index contributed by atoms with van der Waals surface area (Å²) >= 11 is 0. The predicted molar refractivity (Wildman–Crippen MR) is 65.0 cm³/mol. The van der Waals surface area contributed by atoms with Gasteiger partial charge in [-0.1, -0.05) is 30.7 Å². The van der Waals surface area contributed by atoms with Gasteiger partial charge in [-0.05, 0) is 32.4 Å². The smallest absolute Gasteiger partial charge is 0.134 e. The highest BCUT2D eigenvalue weighted by Gasteiger charge is 2.07. The Bertz CT molecular complexity index is 503. The van der Waals surface area contributed by atoms with Gasteiger partial charge in [-0.2, -0.15) is 0 Å². The van der Waals surface area contributed by atoms with Crippen molar-refractivity contribution in [3.8, 4) is 0 Å². The van der Waals surface area contributed by atoms with Gasteiger partial charge >= 0.3 is 0 Å². The van der Waals surface area contributed by atoms with Gasteiger partial charge in [0.2, 0.25) is 0 Å². The van der Waals surface area contributed by atoms with Gasteiger partial charge in [-0.3, -0.25) is 0 Å². The van der Waals surface area contributed by atoms with Crippen LogP contribution >= 0.6 is 0 Å². The lowest BCUT2D eigenvalue weighted by atomic mass is 10.1. The summed E-state index contributed by atoms with van der Waals surface area (Å²) in [6, 6.07) is 6.31. The lowest BCUT2D eigenvalue weighted by Gasteiger charge is -1.93. The first-order chi connectivity index (χ1) is 7.22. The van der Waals surface area contributed by atoms with E-state index < -0.39 is 0 Å². The van der Waals surface area contributed by atoms with E-state index in [0.717, 1.165) is 17.8 Å². The van der Waals surface area contributed by atoms with Gasteiger partial charge in [0.15, 0.2) is 0 Å². The SMILES string of the molecule is CC/C=C\c1c(C)oc2ccc(C)cc12. The summed E-state index contributed by atoms with van der Waals surface area (Å²) in [5, 5.41) is 1.22. The van der Waals surface area contributed by atoms with Gasteiger partial charge in [-0.15, -0.1) is 0 Å². The van der Waals surface area contributed by atoms with E-state index in [2.05, 4.69) is 38.1 Å². The van der Waals surface area contributed by atoms with Crippen LogP contribution in [0.2, 0.25) is 0 Å². The Balaban J connectivity index is 2.65. The number of benzene rings is 1. The zero-order valence-electron chi connectivity index (χ0n) is 9.50. The molecule has 1 aromatic heterocycles. The molecule has 0 aliphatic carbocycles. The quantitative estimate of drug-likeness (QED) is 0.697. The Morgan fingerprint density at radius 2 is 2.07 bits per heavy atom. The molecule has 1 heterocycles. The summed E-state index contributed by atoms with van der Waals surface area (Å²) in [5.41, 5.74) is 3.47. The zero-order chi connectivity index (χ0) is 10.8. The van der Waals surface area contributed by atoms with Crippen LogP contribution in [-0.2, 0) is 0 Å². The normalized spacial score (nSPS) is 11.7. The highest BCUT2D eigenvalue weighted by atomic mass is 16.3. The number of aryl methyl sites for hydroxylation is 2. The van der Waals surface area contributed by atoms with Crippen LogP contribution in [0.4, 0.5) is 0 Å². The second-order valence-electron chi connectivity index (χ2n) is 3.88. The van der Waals surface area contributed by atoms with E-state index in [1.165, 1.54) is 16.5 Å². The first kappa shape index (κ1) is 10.0. The minimum atomic E-state index is 0.980. The zero-order valence-corrected chi connectivity index (χ0v) is 9.50. The molecule has 0 saturated heterocycles. The summed E-state index contributed by atoms with van der Waals surface area (Å²) in [5.74, 6) is 1.00. The van der Waals surface area contributed by atoms with Crippen molar-refractivity contribution in [1.29, 1.82) is 0 Å². The summed E-state index contributed by atoms with van der Waals surface area (Å²) in [7, 11) is 0. The third-order valence-electron chi connectivity index (χ3n) is 2.59. The molecular formula is C14H16O. The third-order valence-corrected chi connectivity index (χ3v) is 2.59. The lowest BCUT2D eigenvalue weighted by molar-refractivity contribution is 0.577. The highest BCUT2D eigenvalue weighted by Crippen LogP contribution is 2.27. The maximum atomic E-state index is 5.70. The molecular weight excluding hydrogens is 184 g/mol. The van der Waals surface area contributed by atoms with Crippen LogP contribution in [0.15, 0.2) is 28.7 Å². The minimum Gasteiger partial charge on any atom is -0.461 e. The van der Waals surface area contributed by atoms with Crippen molar-refractivity contribution in [2.45, 2.75) is 27.2 Å². The lowest BCUT2D eigenvalue weighted by Crippen LogP contribution is -1.74. The fourth-order valence-electron chi connectivity index (χ4n) is 1.80. The van der Waals surface area contributed by atoms with Crippen LogP contribution in [0.3, 0.4) is 0 Å². The van der Waals surface area contributed by atoms with E-state index in [-0.39, 0.29) is 0 Å². The topological polar surface area (TPSA) is 13.1 Å². The van der Waals surface area contributed by atoms with Crippen molar-refractivity contribution in [2.75, 3.05) is 0 Å². The van der Waals surface area contributed by atoms with Crippen LogP contribution < -0.4 is 0 Å². The van der Waals surface area contributed by atoms with Crippen LogP contribution in [0, 0.1) is 13.8 Å². The maximum absolute atomic E-state index is 5.70. The molecule has 0 radical (unpaired) electrons. The Kier molecular flexibility index (Phi) is 2.63. The summed E-state index contributed by atoms with van der Waals surface area (Å²) in [6.07, 6.45) is 5.37. The molecule has 0 saturated carbocycles. The van der Waals surface area contributed by atoms with Crippen molar-refractivity contribution >= 4 is 17.0 Å². The van der Waals surface area contributed by atoms with Crippen molar-refractivity contribution < 1.29 is 4.42 Å². The molecule has 0 amide bonds. The number of rotatable bonds is 2. The van der Waals surface area contributed by atoms with E-state index in [9.17, 15) is 0 Å². The molecule has 1 heteroatoms. The molecule has 0 fully saturated rings. The average molecular weight is 200 g/mol. The standard InChI is InChI=1S/C14H16O/c1-4-5-6-12-11(3)15-14-8-7-10(2)9-13(12)14/h5-9H,4H2,1-3H3/b6-5-. The molecule has 0 spiro atoms. The molecule has 0 unspecified atom stereocenters. The number of furan rings is 1. The van der Waals surface area contributed by atoms with E-state index in [4.69, 9.17) is 4.42 Å². The Hall–Kier alpha value is -1.50. The molecule has 0 aliphatic rings. The minimum absolute atomic E-state index is 0.980. The fourth-order valence-corrected chi connectivity index (χ4v) is 1.80. The second-order valence-corrected chi connectivity index (χ2v) is 3.88. The van der Waals surface area contributed by atoms with Gasteiger partial charge in [-0.25, -0.2) is 0 Å². The number of hydrogen-bond donors (Lipinski definition) is 0. The van der Waals surface area contributed by atoms with Crippen LogP contribution in [0.5, 0.6) is 0 Å². The van der Waals surface area contributed by atoms with Crippen LogP contribution in [0.1, 0.15) is 30.2 Å². The monoisotopic (exact) mass is 200 g/mol. The Labute approximate surface area is 90.4 Å². The molecule has 78 valence electrons. The molecule has 0 aliphatic heterocycles. The van der Waals surface area contributed by atoms with Crippen LogP contribution in [-0.4, -0.2) is 0 Å². The van der Waals surface area contributed by atoms with Crippen LogP contribution in [0.25, 0.3) is 17.0 Å². The van der Waals surface area contributed by atoms with E-state index in [1.54, 1.807) is 0 Å².